The molecular weight excluding hydrogens is 369 g/mol. The molecule has 3 rings (SSSR count). The summed E-state index contributed by atoms with van der Waals surface area (Å²) in [6, 6.07) is 11.8. The van der Waals surface area contributed by atoms with Gasteiger partial charge in [0.2, 0.25) is 0 Å². The fraction of sp³-hybridized carbons (Fsp3) is 0.118. The summed E-state index contributed by atoms with van der Waals surface area (Å²) in [5, 5.41) is 13.8. The zero-order valence-corrected chi connectivity index (χ0v) is 14.7. The lowest BCUT2D eigenvalue weighted by Gasteiger charge is -2.06. The summed E-state index contributed by atoms with van der Waals surface area (Å²) < 4.78 is 5.20. The highest BCUT2D eigenvalue weighted by molar-refractivity contribution is 7.12. The number of hydrogen-bond acceptors (Lipinski definition) is 4. The molecule has 0 spiro atoms. The van der Waals surface area contributed by atoms with E-state index in [9.17, 15) is 9.90 Å². The van der Waals surface area contributed by atoms with Crippen LogP contribution in [0.5, 0.6) is 0 Å². The number of rotatable bonds is 5. The van der Waals surface area contributed by atoms with E-state index >= 15 is 0 Å². The molecule has 1 aromatic carbocycles. The van der Waals surface area contributed by atoms with Crippen molar-refractivity contribution in [3.63, 3.8) is 0 Å². The number of halogens is 2. The molecule has 0 saturated carbocycles. The number of hydrogen-bond donors (Lipinski definition) is 2. The topological polar surface area (TPSA) is 62.5 Å². The Kier molecular flexibility index (Phi) is 5.26. The molecule has 4 nitrogen and oxygen atoms in total. The zero-order chi connectivity index (χ0) is 17.1. The number of aliphatic hydroxyl groups is 1. The van der Waals surface area contributed by atoms with Crippen molar-refractivity contribution in [2.45, 2.75) is 12.6 Å². The second-order valence-electron chi connectivity index (χ2n) is 5.03. The first-order valence-corrected chi connectivity index (χ1v) is 8.65. The molecule has 124 valence electrons. The van der Waals surface area contributed by atoms with E-state index < -0.39 is 6.10 Å². The fourth-order valence-corrected chi connectivity index (χ4v) is 3.48. The Morgan fingerprint density at radius 3 is 2.83 bits per heavy atom. The normalized spacial score (nSPS) is 12.1. The minimum Gasteiger partial charge on any atom is -0.466 e. The summed E-state index contributed by atoms with van der Waals surface area (Å²) in [6.45, 7) is 0.331. The number of furan rings is 1. The number of nitrogens with one attached hydrogen (secondary N) is 1. The second-order valence-corrected chi connectivity index (χ2v) is 7.07. The summed E-state index contributed by atoms with van der Waals surface area (Å²) in [6.07, 6.45) is 0.707. The van der Waals surface area contributed by atoms with Gasteiger partial charge in [0.1, 0.15) is 11.9 Å². The van der Waals surface area contributed by atoms with Crippen molar-refractivity contribution >= 4 is 40.4 Å². The minimum atomic E-state index is -0.808. The van der Waals surface area contributed by atoms with Crippen molar-refractivity contribution in [2.75, 3.05) is 0 Å². The van der Waals surface area contributed by atoms with Gasteiger partial charge in [0, 0.05) is 14.8 Å². The van der Waals surface area contributed by atoms with Gasteiger partial charge in [0.05, 0.1) is 23.4 Å². The lowest BCUT2D eigenvalue weighted by Crippen LogP contribution is -2.22. The third-order valence-electron chi connectivity index (χ3n) is 3.36. The molecular formula is C17H13Cl2NO3S. The molecule has 7 heteroatoms. The van der Waals surface area contributed by atoms with E-state index in [2.05, 4.69) is 5.32 Å². The summed E-state index contributed by atoms with van der Waals surface area (Å²) in [4.78, 5) is 13.9. The molecule has 0 bridgehead atoms. The van der Waals surface area contributed by atoms with E-state index in [0.717, 1.165) is 9.75 Å². The Morgan fingerprint density at radius 2 is 2.08 bits per heavy atom. The fourth-order valence-electron chi connectivity index (χ4n) is 2.16. The van der Waals surface area contributed by atoms with Crippen LogP contribution in [0.3, 0.4) is 0 Å². The maximum atomic E-state index is 12.2. The predicted molar refractivity (Wildman–Crippen MR) is 94.7 cm³/mol. The third kappa shape index (κ3) is 3.82. The van der Waals surface area contributed by atoms with E-state index in [1.165, 1.54) is 23.7 Å². The molecule has 1 atom stereocenters. The number of aliphatic hydroxyl groups excluding tert-OH is 1. The van der Waals surface area contributed by atoms with Gasteiger partial charge >= 0.3 is 0 Å². The standard InChI is InChI=1S/C17H13Cl2NO3S/c18-10-3-5-13(19)12(8-10)17(22)20-9-11-4-6-15(24-11)16(21)14-2-1-7-23-14/h1-8,16,21H,9H2,(H,20,22). The van der Waals surface area contributed by atoms with Gasteiger partial charge in [0.25, 0.3) is 5.91 Å². The highest BCUT2D eigenvalue weighted by atomic mass is 35.5. The molecule has 1 amide bonds. The monoisotopic (exact) mass is 381 g/mol. The number of amides is 1. The molecule has 2 aromatic heterocycles. The van der Waals surface area contributed by atoms with Crippen LogP contribution < -0.4 is 5.32 Å². The van der Waals surface area contributed by atoms with Crippen LogP contribution in [0.4, 0.5) is 0 Å². The van der Waals surface area contributed by atoms with Gasteiger partial charge in [-0.05, 0) is 42.5 Å². The van der Waals surface area contributed by atoms with E-state index in [0.29, 0.717) is 27.9 Å². The molecule has 0 fully saturated rings. The first-order valence-electron chi connectivity index (χ1n) is 7.08. The highest BCUT2D eigenvalue weighted by Gasteiger charge is 2.16. The van der Waals surface area contributed by atoms with Crippen LogP contribution in [-0.2, 0) is 6.54 Å². The Labute approximate surface area is 152 Å². The van der Waals surface area contributed by atoms with Crippen molar-refractivity contribution in [1.29, 1.82) is 0 Å². The molecule has 1 unspecified atom stereocenters. The third-order valence-corrected chi connectivity index (χ3v) is 5.06. The SMILES string of the molecule is O=C(NCc1ccc(C(O)c2ccco2)s1)c1cc(Cl)ccc1Cl. The van der Waals surface area contributed by atoms with Gasteiger partial charge in [-0.15, -0.1) is 11.3 Å². The van der Waals surface area contributed by atoms with Crippen LogP contribution in [-0.4, -0.2) is 11.0 Å². The van der Waals surface area contributed by atoms with Gasteiger partial charge < -0.3 is 14.8 Å². The van der Waals surface area contributed by atoms with E-state index in [1.807, 2.05) is 12.1 Å². The Morgan fingerprint density at radius 1 is 1.25 bits per heavy atom. The molecule has 2 N–H and O–H groups in total. The van der Waals surface area contributed by atoms with Crippen molar-refractivity contribution in [2.24, 2.45) is 0 Å². The lowest BCUT2D eigenvalue weighted by molar-refractivity contribution is 0.0951. The molecule has 0 radical (unpaired) electrons. The summed E-state index contributed by atoms with van der Waals surface area (Å²) in [5.74, 6) is 0.183. The number of carbonyl (C=O) groups is 1. The van der Waals surface area contributed by atoms with Gasteiger partial charge in [-0.3, -0.25) is 4.79 Å². The quantitative estimate of drug-likeness (QED) is 0.675. The number of benzene rings is 1. The molecule has 24 heavy (non-hydrogen) atoms. The van der Waals surface area contributed by atoms with Crippen LogP contribution in [0.2, 0.25) is 10.0 Å². The Balaban J connectivity index is 1.65. The summed E-state index contributed by atoms with van der Waals surface area (Å²) in [7, 11) is 0. The predicted octanol–water partition coefficient (Wildman–Crippen LogP) is 4.66. The van der Waals surface area contributed by atoms with Crippen molar-refractivity contribution < 1.29 is 14.3 Å². The van der Waals surface area contributed by atoms with Crippen LogP contribution in [0.1, 0.15) is 32.0 Å². The average Bonchev–Trinajstić information content (AvgIpc) is 3.26. The maximum Gasteiger partial charge on any atom is 0.253 e. The van der Waals surface area contributed by atoms with Crippen molar-refractivity contribution in [1.82, 2.24) is 5.32 Å². The van der Waals surface area contributed by atoms with E-state index in [4.69, 9.17) is 27.6 Å². The largest absolute Gasteiger partial charge is 0.466 e. The smallest absolute Gasteiger partial charge is 0.253 e. The van der Waals surface area contributed by atoms with E-state index in [1.54, 1.807) is 24.3 Å². The van der Waals surface area contributed by atoms with Crippen molar-refractivity contribution in [3.05, 3.63) is 79.9 Å². The first-order chi connectivity index (χ1) is 11.5. The van der Waals surface area contributed by atoms with Crippen LogP contribution in [0.25, 0.3) is 0 Å². The minimum absolute atomic E-state index is 0.302. The van der Waals surface area contributed by atoms with Gasteiger partial charge in [-0.25, -0.2) is 0 Å². The maximum absolute atomic E-state index is 12.2. The molecule has 2 heterocycles. The summed E-state index contributed by atoms with van der Waals surface area (Å²) >= 11 is 13.3. The highest BCUT2D eigenvalue weighted by Crippen LogP contribution is 2.29. The molecule has 0 aliphatic carbocycles. The van der Waals surface area contributed by atoms with Gasteiger partial charge in [-0.2, -0.15) is 0 Å². The van der Waals surface area contributed by atoms with E-state index in [-0.39, 0.29) is 5.91 Å². The molecule has 3 aromatic rings. The summed E-state index contributed by atoms with van der Waals surface area (Å²) in [5.41, 5.74) is 0.330. The average molecular weight is 382 g/mol. The Hall–Kier alpha value is -1.79. The first kappa shape index (κ1) is 17.0. The number of thiophene rings is 1. The van der Waals surface area contributed by atoms with Gasteiger partial charge in [0.15, 0.2) is 0 Å². The Bertz CT molecular complexity index is 845. The molecule has 0 aliphatic heterocycles. The molecule has 0 aliphatic rings. The van der Waals surface area contributed by atoms with Gasteiger partial charge in [-0.1, -0.05) is 23.2 Å². The van der Waals surface area contributed by atoms with Crippen LogP contribution >= 0.6 is 34.5 Å². The van der Waals surface area contributed by atoms with Crippen LogP contribution in [0, 0.1) is 0 Å². The van der Waals surface area contributed by atoms with Crippen LogP contribution in [0.15, 0.2) is 53.1 Å². The zero-order valence-electron chi connectivity index (χ0n) is 12.3. The van der Waals surface area contributed by atoms with Crippen molar-refractivity contribution in [3.8, 4) is 0 Å². The molecule has 0 saturated heterocycles. The second kappa shape index (κ2) is 7.40. The number of carbonyl (C=O) groups excluding carboxylic acids is 1. The lowest BCUT2D eigenvalue weighted by atomic mass is 10.2.